The summed E-state index contributed by atoms with van der Waals surface area (Å²) in [6, 6.07) is 10.2. The first-order valence-corrected chi connectivity index (χ1v) is 9.82. The Morgan fingerprint density at radius 1 is 1.27 bits per heavy atom. The van der Waals surface area contributed by atoms with Gasteiger partial charge >= 0.3 is 5.97 Å². The van der Waals surface area contributed by atoms with E-state index in [1.165, 1.54) is 23.5 Å². The molecule has 3 heterocycles. The number of carboxylic acids is 1. The fourth-order valence-corrected chi connectivity index (χ4v) is 4.99. The Morgan fingerprint density at radius 3 is 2.65 bits per heavy atom. The van der Waals surface area contributed by atoms with E-state index in [4.69, 9.17) is 4.98 Å². The third-order valence-corrected chi connectivity index (χ3v) is 6.08. The summed E-state index contributed by atoms with van der Waals surface area (Å²) in [5.41, 5.74) is 3.55. The molecule has 0 aliphatic heterocycles. The van der Waals surface area contributed by atoms with Gasteiger partial charge in [0.2, 0.25) is 0 Å². The lowest BCUT2D eigenvalue weighted by Gasteiger charge is -2.07. The molecule has 4 rings (SSSR count). The first-order valence-electron chi connectivity index (χ1n) is 8.13. The lowest BCUT2D eigenvalue weighted by molar-refractivity contribution is -0.136. The van der Waals surface area contributed by atoms with Gasteiger partial charge in [-0.25, -0.2) is 9.37 Å². The Bertz CT molecular complexity index is 1080. The highest BCUT2D eigenvalue weighted by atomic mass is 32.1. The molecule has 0 saturated carbocycles. The molecule has 4 nitrogen and oxygen atoms in total. The maximum atomic E-state index is 13.4. The molecule has 0 aliphatic carbocycles. The lowest BCUT2D eigenvalue weighted by atomic mass is 10.1. The topological polar surface area (TPSA) is 54.6 Å². The summed E-state index contributed by atoms with van der Waals surface area (Å²) in [6.07, 6.45) is 0.671. The van der Waals surface area contributed by atoms with Gasteiger partial charge in [-0.15, -0.1) is 22.7 Å². The average Bonchev–Trinajstić information content (AvgIpc) is 3.30. The Labute approximate surface area is 157 Å². The number of aliphatic carboxylic acids is 1. The maximum absolute atomic E-state index is 13.4. The van der Waals surface area contributed by atoms with Crippen LogP contribution in [0.3, 0.4) is 0 Å². The van der Waals surface area contributed by atoms with Crippen molar-refractivity contribution in [1.82, 2.24) is 9.38 Å². The number of benzene rings is 1. The molecule has 3 aromatic heterocycles. The number of rotatable bonds is 5. The van der Waals surface area contributed by atoms with Gasteiger partial charge in [0.25, 0.3) is 0 Å². The number of nitrogens with zero attached hydrogens (tertiary/aromatic N) is 2. The van der Waals surface area contributed by atoms with Crippen LogP contribution in [0.25, 0.3) is 26.8 Å². The number of aromatic nitrogens is 2. The normalized spacial score (nSPS) is 11.3. The Balaban J connectivity index is 2.01. The number of carboxylic acid groups (broad SMARTS) is 1. The third-order valence-electron chi connectivity index (χ3n) is 4.16. The van der Waals surface area contributed by atoms with Crippen molar-refractivity contribution in [2.45, 2.75) is 19.8 Å². The molecule has 0 radical (unpaired) electrons. The summed E-state index contributed by atoms with van der Waals surface area (Å²) in [5.74, 6) is -1.21. The van der Waals surface area contributed by atoms with Crippen LogP contribution in [0.5, 0.6) is 0 Å². The fraction of sp³-hybridized carbons (Fsp3) is 0.158. The number of thiophene rings is 1. The number of thiazole rings is 1. The van der Waals surface area contributed by atoms with Gasteiger partial charge in [0.1, 0.15) is 11.5 Å². The first kappa shape index (κ1) is 16.9. The zero-order chi connectivity index (χ0) is 18.3. The van der Waals surface area contributed by atoms with Crippen LogP contribution in [0.1, 0.15) is 17.5 Å². The highest BCUT2D eigenvalue weighted by Gasteiger charge is 2.23. The minimum absolute atomic E-state index is 0.0851. The quantitative estimate of drug-likeness (QED) is 0.518. The molecular formula is C19H15FN2O2S2. The molecule has 0 saturated heterocycles. The SMILES string of the molecule is CCc1c(-c2cccs2)nc2sc(CC(=O)O)c(-c3ccc(F)cc3)n12. The number of halogens is 1. The van der Waals surface area contributed by atoms with Crippen molar-refractivity contribution in [2.75, 3.05) is 0 Å². The Hall–Kier alpha value is -2.51. The van der Waals surface area contributed by atoms with Gasteiger partial charge in [0, 0.05) is 4.88 Å². The van der Waals surface area contributed by atoms with E-state index in [0.717, 1.165) is 43.8 Å². The smallest absolute Gasteiger partial charge is 0.308 e. The van der Waals surface area contributed by atoms with E-state index in [2.05, 4.69) is 6.92 Å². The molecule has 26 heavy (non-hydrogen) atoms. The van der Waals surface area contributed by atoms with Crippen LogP contribution in [0.4, 0.5) is 4.39 Å². The molecule has 1 aromatic carbocycles. The van der Waals surface area contributed by atoms with Gasteiger partial charge in [0.15, 0.2) is 4.96 Å². The van der Waals surface area contributed by atoms with Crippen molar-refractivity contribution in [3.8, 4) is 21.8 Å². The largest absolute Gasteiger partial charge is 0.481 e. The number of carbonyl (C=O) groups is 1. The van der Waals surface area contributed by atoms with E-state index >= 15 is 0 Å². The molecule has 0 amide bonds. The number of aryl methyl sites for hydroxylation is 1. The fourth-order valence-electron chi connectivity index (χ4n) is 3.10. The second-order valence-corrected chi connectivity index (χ2v) is 7.82. The summed E-state index contributed by atoms with van der Waals surface area (Å²) >= 11 is 3.01. The van der Waals surface area contributed by atoms with E-state index in [1.54, 1.807) is 23.5 Å². The second-order valence-electron chi connectivity index (χ2n) is 5.81. The molecule has 0 bridgehead atoms. The van der Waals surface area contributed by atoms with Gasteiger partial charge < -0.3 is 5.11 Å². The number of imidazole rings is 1. The number of hydrogen-bond acceptors (Lipinski definition) is 4. The zero-order valence-electron chi connectivity index (χ0n) is 13.9. The van der Waals surface area contributed by atoms with E-state index in [0.29, 0.717) is 0 Å². The second kappa shape index (κ2) is 6.66. The highest BCUT2D eigenvalue weighted by molar-refractivity contribution is 7.17. The van der Waals surface area contributed by atoms with Crippen LogP contribution in [0.2, 0.25) is 0 Å². The highest BCUT2D eigenvalue weighted by Crippen LogP contribution is 2.38. The van der Waals surface area contributed by atoms with Crippen LogP contribution in [-0.4, -0.2) is 20.5 Å². The van der Waals surface area contributed by atoms with Gasteiger partial charge in [-0.3, -0.25) is 9.20 Å². The molecule has 0 unspecified atom stereocenters. The zero-order valence-corrected chi connectivity index (χ0v) is 15.5. The third kappa shape index (κ3) is 2.83. The Kier molecular flexibility index (Phi) is 4.34. The first-order chi connectivity index (χ1) is 12.6. The van der Waals surface area contributed by atoms with Crippen molar-refractivity contribution >= 4 is 33.6 Å². The summed E-state index contributed by atoms with van der Waals surface area (Å²) in [4.78, 5) is 18.7. The predicted molar refractivity (Wildman–Crippen MR) is 102 cm³/mol. The minimum Gasteiger partial charge on any atom is -0.481 e. The summed E-state index contributed by atoms with van der Waals surface area (Å²) in [5, 5.41) is 11.3. The Morgan fingerprint density at radius 2 is 2.04 bits per heavy atom. The minimum atomic E-state index is -0.894. The van der Waals surface area contributed by atoms with Gasteiger partial charge in [-0.05, 0) is 47.7 Å². The van der Waals surface area contributed by atoms with E-state index in [9.17, 15) is 14.3 Å². The molecular weight excluding hydrogens is 371 g/mol. The van der Waals surface area contributed by atoms with Crippen LogP contribution in [0, 0.1) is 5.82 Å². The van der Waals surface area contributed by atoms with Crippen LogP contribution >= 0.6 is 22.7 Å². The van der Waals surface area contributed by atoms with E-state index in [-0.39, 0.29) is 12.2 Å². The van der Waals surface area contributed by atoms with Crippen LogP contribution < -0.4 is 0 Å². The monoisotopic (exact) mass is 386 g/mol. The molecule has 4 aromatic rings. The summed E-state index contributed by atoms with van der Waals surface area (Å²) in [6.45, 7) is 2.06. The van der Waals surface area contributed by atoms with Crippen molar-refractivity contribution < 1.29 is 14.3 Å². The predicted octanol–water partition coefficient (Wildman–Crippen LogP) is 5.12. The van der Waals surface area contributed by atoms with Gasteiger partial charge in [0.05, 0.1) is 22.7 Å². The van der Waals surface area contributed by atoms with E-state index < -0.39 is 5.97 Å². The van der Waals surface area contributed by atoms with Crippen LogP contribution in [-0.2, 0) is 17.6 Å². The lowest BCUT2D eigenvalue weighted by Crippen LogP contribution is -2.02. The van der Waals surface area contributed by atoms with Gasteiger partial charge in [-0.1, -0.05) is 13.0 Å². The molecule has 1 N–H and O–H groups in total. The maximum Gasteiger partial charge on any atom is 0.308 e. The molecule has 0 spiro atoms. The van der Waals surface area contributed by atoms with Crippen molar-refractivity contribution in [3.05, 3.63) is 58.2 Å². The molecule has 0 aliphatic rings. The van der Waals surface area contributed by atoms with Crippen LogP contribution in [0.15, 0.2) is 41.8 Å². The van der Waals surface area contributed by atoms with Gasteiger partial charge in [-0.2, -0.15) is 0 Å². The molecule has 132 valence electrons. The summed E-state index contributed by atoms with van der Waals surface area (Å²) in [7, 11) is 0. The van der Waals surface area contributed by atoms with Crippen molar-refractivity contribution in [3.63, 3.8) is 0 Å². The standard InChI is InChI=1S/C19H15FN2O2S2/c1-2-13-17(14-4-3-9-25-14)21-19-22(13)18(15(26-19)10-16(23)24)11-5-7-12(20)8-6-11/h3-9H,2,10H2,1H3,(H,23,24). The molecule has 7 heteroatoms. The number of hydrogen-bond donors (Lipinski definition) is 1. The molecule has 0 atom stereocenters. The summed E-state index contributed by atoms with van der Waals surface area (Å²) < 4.78 is 15.4. The molecule has 0 fully saturated rings. The van der Waals surface area contributed by atoms with Crippen molar-refractivity contribution in [1.29, 1.82) is 0 Å². The van der Waals surface area contributed by atoms with Crippen molar-refractivity contribution in [2.24, 2.45) is 0 Å². The average molecular weight is 386 g/mol. The number of fused-ring (bicyclic) bond motifs is 1. The van der Waals surface area contributed by atoms with E-state index in [1.807, 2.05) is 21.9 Å².